The molecule has 6 heteroatoms. The molecule has 0 aliphatic carbocycles. The van der Waals surface area contributed by atoms with Crippen molar-refractivity contribution < 1.29 is 4.79 Å². The van der Waals surface area contributed by atoms with Crippen LogP contribution in [0.5, 0.6) is 0 Å². The lowest BCUT2D eigenvalue weighted by Crippen LogP contribution is -2.52. The van der Waals surface area contributed by atoms with Crippen LogP contribution in [0.25, 0.3) is 0 Å². The fourth-order valence-corrected chi connectivity index (χ4v) is 3.06. The lowest BCUT2D eigenvalue weighted by molar-refractivity contribution is 0.191. The summed E-state index contributed by atoms with van der Waals surface area (Å²) in [6.07, 6.45) is 1.80. The van der Waals surface area contributed by atoms with Crippen molar-refractivity contribution >= 4 is 27.8 Å². The van der Waals surface area contributed by atoms with E-state index in [4.69, 9.17) is 0 Å². The molecule has 1 aromatic carbocycles. The first-order valence-corrected chi connectivity index (χ1v) is 8.89. The molecule has 2 aromatic rings. The molecule has 1 aromatic heterocycles. The van der Waals surface area contributed by atoms with E-state index in [2.05, 4.69) is 31.1 Å². The third-order valence-electron chi connectivity index (χ3n) is 4.25. The molecule has 24 heavy (non-hydrogen) atoms. The summed E-state index contributed by atoms with van der Waals surface area (Å²) in [6.45, 7) is 5.02. The summed E-state index contributed by atoms with van der Waals surface area (Å²) in [7, 11) is 0. The van der Waals surface area contributed by atoms with Gasteiger partial charge in [-0.2, -0.15) is 0 Å². The number of halogens is 1. The number of urea groups is 1. The molecule has 1 atom stereocenters. The Morgan fingerprint density at radius 2 is 1.83 bits per heavy atom. The number of hydrogen-bond donors (Lipinski definition) is 1. The Bertz CT molecular complexity index is 669. The molecule has 1 unspecified atom stereocenters. The molecule has 2 heterocycles. The SMILES string of the molecule is CC(NC(=O)N1CCN(c2ccccn2)CC1)c1ccc(Br)cc1. The van der Waals surface area contributed by atoms with E-state index in [0.717, 1.165) is 28.9 Å². The Labute approximate surface area is 150 Å². The molecule has 0 bridgehead atoms. The molecule has 1 fully saturated rings. The van der Waals surface area contributed by atoms with Gasteiger partial charge in [0, 0.05) is 36.8 Å². The fourth-order valence-electron chi connectivity index (χ4n) is 2.79. The van der Waals surface area contributed by atoms with Crippen molar-refractivity contribution in [2.24, 2.45) is 0 Å². The van der Waals surface area contributed by atoms with E-state index >= 15 is 0 Å². The van der Waals surface area contributed by atoms with Crippen LogP contribution in [0.2, 0.25) is 0 Å². The van der Waals surface area contributed by atoms with Gasteiger partial charge < -0.3 is 15.1 Å². The van der Waals surface area contributed by atoms with Gasteiger partial charge in [0.05, 0.1) is 6.04 Å². The maximum Gasteiger partial charge on any atom is 0.317 e. The number of rotatable bonds is 3. The highest BCUT2D eigenvalue weighted by Crippen LogP contribution is 2.17. The van der Waals surface area contributed by atoms with Crippen LogP contribution >= 0.6 is 15.9 Å². The minimum atomic E-state index is -0.0144. The number of nitrogens with one attached hydrogen (secondary N) is 1. The van der Waals surface area contributed by atoms with E-state index in [1.165, 1.54) is 0 Å². The van der Waals surface area contributed by atoms with Gasteiger partial charge in [-0.25, -0.2) is 9.78 Å². The van der Waals surface area contributed by atoms with Crippen molar-refractivity contribution in [2.75, 3.05) is 31.1 Å². The van der Waals surface area contributed by atoms with Crippen LogP contribution in [-0.2, 0) is 0 Å². The number of carbonyl (C=O) groups is 1. The van der Waals surface area contributed by atoms with Crippen LogP contribution in [0.4, 0.5) is 10.6 Å². The number of nitrogens with zero attached hydrogens (tertiary/aromatic N) is 3. The van der Waals surface area contributed by atoms with Crippen molar-refractivity contribution in [1.29, 1.82) is 0 Å². The third kappa shape index (κ3) is 4.06. The Morgan fingerprint density at radius 3 is 2.46 bits per heavy atom. The van der Waals surface area contributed by atoms with Gasteiger partial charge >= 0.3 is 6.03 Å². The number of benzene rings is 1. The smallest absolute Gasteiger partial charge is 0.317 e. The van der Waals surface area contributed by atoms with Gasteiger partial charge in [0.15, 0.2) is 0 Å². The molecule has 0 saturated carbocycles. The molecule has 2 amide bonds. The summed E-state index contributed by atoms with van der Waals surface area (Å²) in [6, 6.07) is 13.9. The zero-order valence-corrected chi connectivity index (χ0v) is 15.2. The van der Waals surface area contributed by atoms with Crippen molar-refractivity contribution in [3.05, 3.63) is 58.7 Å². The van der Waals surface area contributed by atoms with Crippen molar-refractivity contribution in [3.63, 3.8) is 0 Å². The molecule has 3 rings (SSSR count). The molecule has 1 saturated heterocycles. The molecule has 0 spiro atoms. The van der Waals surface area contributed by atoms with Crippen LogP contribution in [0.3, 0.4) is 0 Å². The van der Waals surface area contributed by atoms with Gasteiger partial charge in [0.2, 0.25) is 0 Å². The molecule has 1 aliphatic heterocycles. The predicted molar refractivity (Wildman–Crippen MR) is 99.1 cm³/mol. The number of carbonyl (C=O) groups excluding carboxylic acids is 1. The first-order valence-electron chi connectivity index (χ1n) is 8.10. The average Bonchev–Trinajstić information content (AvgIpc) is 2.63. The standard InChI is InChI=1S/C18H21BrN4O/c1-14(15-5-7-16(19)8-6-15)21-18(24)23-12-10-22(11-13-23)17-4-2-3-9-20-17/h2-9,14H,10-13H2,1H3,(H,21,24). The number of pyridine rings is 1. The topological polar surface area (TPSA) is 48.5 Å². The molecular formula is C18H21BrN4O. The van der Waals surface area contributed by atoms with Gasteiger partial charge in [-0.3, -0.25) is 0 Å². The van der Waals surface area contributed by atoms with E-state index < -0.39 is 0 Å². The van der Waals surface area contributed by atoms with Crippen LogP contribution < -0.4 is 10.2 Å². The van der Waals surface area contributed by atoms with Gasteiger partial charge in [-0.1, -0.05) is 34.1 Å². The van der Waals surface area contributed by atoms with E-state index in [9.17, 15) is 4.79 Å². The predicted octanol–water partition coefficient (Wildman–Crippen LogP) is 3.44. The van der Waals surface area contributed by atoms with Crippen molar-refractivity contribution in [3.8, 4) is 0 Å². The summed E-state index contributed by atoms with van der Waals surface area (Å²) < 4.78 is 1.04. The summed E-state index contributed by atoms with van der Waals surface area (Å²) in [5.74, 6) is 0.973. The second kappa shape index (κ2) is 7.66. The van der Waals surface area contributed by atoms with Crippen LogP contribution in [0.15, 0.2) is 53.1 Å². The molecule has 0 radical (unpaired) electrons. The molecule has 5 nitrogen and oxygen atoms in total. The van der Waals surface area contributed by atoms with Crippen molar-refractivity contribution in [1.82, 2.24) is 15.2 Å². The quantitative estimate of drug-likeness (QED) is 0.875. The molecule has 1 aliphatic rings. The zero-order chi connectivity index (χ0) is 16.9. The monoisotopic (exact) mass is 388 g/mol. The summed E-state index contributed by atoms with van der Waals surface area (Å²) >= 11 is 3.43. The maximum absolute atomic E-state index is 12.5. The Morgan fingerprint density at radius 1 is 1.12 bits per heavy atom. The van der Waals surface area contributed by atoms with E-state index in [1.54, 1.807) is 6.20 Å². The summed E-state index contributed by atoms with van der Waals surface area (Å²) in [4.78, 5) is 20.9. The molecular weight excluding hydrogens is 368 g/mol. The highest BCUT2D eigenvalue weighted by atomic mass is 79.9. The maximum atomic E-state index is 12.5. The summed E-state index contributed by atoms with van der Waals surface area (Å²) in [5, 5.41) is 3.08. The van der Waals surface area contributed by atoms with Gasteiger partial charge in [0.1, 0.15) is 5.82 Å². The normalized spacial score (nSPS) is 15.9. The first-order chi connectivity index (χ1) is 11.6. The number of piperazine rings is 1. The lowest BCUT2D eigenvalue weighted by atomic mass is 10.1. The number of aromatic nitrogens is 1. The fraction of sp³-hybridized carbons (Fsp3) is 0.333. The summed E-state index contributed by atoms with van der Waals surface area (Å²) in [5.41, 5.74) is 1.10. The number of amides is 2. The minimum absolute atomic E-state index is 0.00825. The van der Waals surface area contributed by atoms with Gasteiger partial charge in [0.25, 0.3) is 0 Å². The van der Waals surface area contributed by atoms with Crippen LogP contribution in [0.1, 0.15) is 18.5 Å². The largest absolute Gasteiger partial charge is 0.353 e. The second-order valence-electron chi connectivity index (χ2n) is 5.88. The Kier molecular flexibility index (Phi) is 5.35. The van der Waals surface area contributed by atoms with Crippen LogP contribution in [-0.4, -0.2) is 42.1 Å². The average molecular weight is 389 g/mol. The first kappa shape index (κ1) is 16.8. The zero-order valence-electron chi connectivity index (χ0n) is 13.7. The minimum Gasteiger partial charge on any atom is -0.353 e. The van der Waals surface area contributed by atoms with Gasteiger partial charge in [-0.15, -0.1) is 0 Å². The van der Waals surface area contributed by atoms with E-state index in [0.29, 0.717) is 13.1 Å². The highest BCUT2D eigenvalue weighted by molar-refractivity contribution is 9.10. The van der Waals surface area contributed by atoms with Crippen LogP contribution in [0, 0.1) is 0 Å². The van der Waals surface area contributed by atoms with E-state index in [1.807, 2.05) is 54.3 Å². The van der Waals surface area contributed by atoms with Gasteiger partial charge in [-0.05, 0) is 36.8 Å². The molecule has 126 valence electrons. The van der Waals surface area contributed by atoms with E-state index in [-0.39, 0.29) is 12.1 Å². The lowest BCUT2D eigenvalue weighted by Gasteiger charge is -2.35. The van der Waals surface area contributed by atoms with Crippen molar-refractivity contribution in [2.45, 2.75) is 13.0 Å². The Balaban J connectivity index is 1.52. The number of hydrogen-bond acceptors (Lipinski definition) is 3. The molecule has 1 N–H and O–H groups in total. The number of anilines is 1. The second-order valence-corrected chi connectivity index (χ2v) is 6.80. The highest BCUT2D eigenvalue weighted by Gasteiger charge is 2.22. The Hall–Kier alpha value is -2.08. The third-order valence-corrected chi connectivity index (χ3v) is 4.78.